The number of allylic oxidation sites excluding steroid dienone is 1. The van der Waals surface area contributed by atoms with Gasteiger partial charge in [-0.1, -0.05) is 25.4 Å². The van der Waals surface area contributed by atoms with Crippen LogP contribution in [0, 0.1) is 12.8 Å². The van der Waals surface area contributed by atoms with Crippen molar-refractivity contribution in [2.75, 3.05) is 0 Å². The third kappa shape index (κ3) is 4.09. The molecular weight excluding hydrogens is 336 g/mol. The maximum atomic E-state index is 12.1. The van der Waals surface area contributed by atoms with E-state index >= 15 is 0 Å². The fraction of sp³-hybridized carbons (Fsp3) is 0.312. The summed E-state index contributed by atoms with van der Waals surface area (Å²) in [5.41, 5.74) is 1.45. The van der Waals surface area contributed by atoms with Crippen molar-refractivity contribution in [1.29, 1.82) is 0 Å². The van der Waals surface area contributed by atoms with E-state index in [2.05, 4.69) is 18.9 Å². The van der Waals surface area contributed by atoms with Crippen molar-refractivity contribution >= 4 is 40.8 Å². The minimum absolute atomic E-state index is 0.140. The number of aryl methyl sites for hydroxylation is 1. The number of ketones is 1. The molecule has 5 nitrogen and oxygen atoms in total. The van der Waals surface area contributed by atoms with Crippen molar-refractivity contribution in [3.05, 3.63) is 44.4 Å². The summed E-state index contributed by atoms with van der Waals surface area (Å²) in [5.74, 6) is -0.882. The summed E-state index contributed by atoms with van der Waals surface area (Å²) in [6.07, 6.45) is 3.02. The lowest BCUT2D eigenvalue weighted by atomic mass is 10.2. The van der Waals surface area contributed by atoms with Crippen molar-refractivity contribution in [3.63, 3.8) is 0 Å². The molecule has 2 aromatic heterocycles. The fourth-order valence-electron chi connectivity index (χ4n) is 2.05. The van der Waals surface area contributed by atoms with Gasteiger partial charge in [-0.3, -0.25) is 9.48 Å². The molecule has 0 bridgehead atoms. The smallest absolute Gasteiger partial charge is 0.345 e. The highest BCUT2D eigenvalue weighted by molar-refractivity contribution is 7.16. The third-order valence-electron chi connectivity index (χ3n) is 3.11. The number of hydrogen-bond acceptors (Lipinski definition) is 4. The molecule has 2 rings (SSSR count). The van der Waals surface area contributed by atoms with Gasteiger partial charge in [0.1, 0.15) is 10.0 Å². The van der Waals surface area contributed by atoms with E-state index in [0.717, 1.165) is 17.0 Å². The summed E-state index contributed by atoms with van der Waals surface area (Å²) < 4.78 is 1.72. The molecule has 1 N–H and O–H groups in total. The zero-order chi connectivity index (χ0) is 17.1. The Balaban J connectivity index is 2.20. The van der Waals surface area contributed by atoms with E-state index in [0.29, 0.717) is 28.1 Å². The first-order valence-corrected chi connectivity index (χ1v) is 8.27. The van der Waals surface area contributed by atoms with Gasteiger partial charge in [-0.15, -0.1) is 11.3 Å². The summed E-state index contributed by atoms with van der Waals surface area (Å²) in [4.78, 5) is 23.5. The fourth-order valence-corrected chi connectivity index (χ4v) is 3.12. The number of rotatable bonds is 6. The maximum Gasteiger partial charge on any atom is 0.345 e. The Labute approximate surface area is 143 Å². The topological polar surface area (TPSA) is 72.2 Å². The zero-order valence-electron chi connectivity index (χ0n) is 13.0. The Kier molecular flexibility index (Phi) is 5.38. The lowest BCUT2D eigenvalue weighted by molar-refractivity contribution is 0.0702. The minimum Gasteiger partial charge on any atom is -0.477 e. The van der Waals surface area contributed by atoms with Crippen LogP contribution in [0.25, 0.3) is 6.08 Å². The average molecular weight is 353 g/mol. The Hall–Kier alpha value is -1.92. The van der Waals surface area contributed by atoms with Crippen molar-refractivity contribution in [1.82, 2.24) is 9.78 Å². The highest BCUT2D eigenvalue weighted by Crippen LogP contribution is 2.23. The number of aromatic nitrogens is 2. The zero-order valence-corrected chi connectivity index (χ0v) is 14.6. The lowest BCUT2D eigenvalue weighted by Crippen LogP contribution is -2.06. The van der Waals surface area contributed by atoms with Gasteiger partial charge < -0.3 is 5.11 Å². The van der Waals surface area contributed by atoms with E-state index in [1.807, 2.05) is 6.92 Å². The second-order valence-electron chi connectivity index (χ2n) is 5.53. The predicted octanol–water partition coefficient (Wildman–Crippen LogP) is 4.16. The van der Waals surface area contributed by atoms with Gasteiger partial charge in [0.25, 0.3) is 0 Å². The van der Waals surface area contributed by atoms with Crippen LogP contribution in [-0.2, 0) is 6.54 Å². The molecule has 0 radical (unpaired) electrons. The molecular formula is C16H17ClN2O3S. The van der Waals surface area contributed by atoms with E-state index in [1.54, 1.807) is 10.8 Å². The van der Waals surface area contributed by atoms with Gasteiger partial charge >= 0.3 is 5.97 Å². The van der Waals surface area contributed by atoms with Gasteiger partial charge in [-0.2, -0.15) is 5.10 Å². The monoisotopic (exact) mass is 352 g/mol. The van der Waals surface area contributed by atoms with Gasteiger partial charge in [-0.25, -0.2) is 4.79 Å². The number of hydrogen-bond donors (Lipinski definition) is 1. The largest absolute Gasteiger partial charge is 0.477 e. The SMILES string of the molecule is Cc1nn(CC(C)C)c(Cl)c1/C=C/C(=O)c1ccc(C(=O)O)s1. The van der Waals surface area contributed by atoms with Crippen molar-refractivity contribution in [2.45, 2.75) is 27.3 Å². The predicted molar refractivity (Wildman–Crippen MR) is 91.5 cm³/mol. The molecule has 2 heterocycles. The Morgan fingerprint density at radius 3 is 2.61 bits per heavy atom. The summed E-state index contributed by atoms with van der Waals surface area (Å²) in [7, 11) is 0. The van der Waals surface area contributed by atoms with Crippen LogP contribution in [0.4, 0.5) is 0 Å². The van der Waals surface area contributed by atoms with Crippen LogP contribution in [0.15, 0.2) is 18.2 Å². The van der Waals surface area contributed by atoms with Crippen LogP contribution in [0.5, 0.6) is 0 Å². The highest BCUT2D eigenvalue weighted by atomic mass is 35.5. The first-order chi connectivity index (χ1) is 10.8. The van der Waals surface area contributed by atoms with Gasteiger partial charge in [0.05, 0.1) is 10.6 Å². The summed E-state index contributed by atoms with van der Waals surface area (Å²) in [6.45, 7) is 6.68. The standard InChI is InChI=1S/C16H17ClN2O3S/c1-9(2)8-19-15(17)11(10(3)18-19)4-5-12(20)13-6-7-14(23-13)16(21)22/h4-7,9H,8H2,1-3H3,(H,21,22)/b5-4+. The molecule has 23 heavy (non-hydrogen) atoms. The Bertz CT molecular complexity index is 774. The van der Waals surface area contributed by atoms with Gasteiger partial charge in [-0.05, 0) is 37.1 Å². The van der Waals surface area contributed by atoms with Crippen LogP contribution in [0.3, 0.4) is 0 Å². The second kappa shape index (κ2) is 7.10. The van der Waals surface area contributed by atoms with E-state index in [4.69, 9.17) is 16.7 Å². The van der Waals surface area contributed by atoms with Crippen molar-refractivity contribution in [2.24, 2.45) is 5.92 Å². The number of nitrogens with zero attached hydrogens (tertiary/aromatic N) is 2. The highest BCUT2D eigenvalue weighted by Gasteiger charge is 2.14. The van der Waals surface area contributed by atoms with E-state index in [1.165, 1.54) is 18.2 Å². The molecule has 0 unspecified atom stereocenters. The van der Waals surface area contributed by atoms with Gasteiger partial charge in [0.15, 0.2) is 5.78 Å². The summed E-state index contributed by atoms with van der Waals surface area (Å²) in [5, 5.41) is 13.8. The number of carbonyl (C=O) groups excluding carboxylic acids is 1. The number of carboxylic acids is 1. The Morgan fingerprint density at radius 2 is 2.04 bits per heavy atom. The number of thiophene rings is 1. The lowest BCUT2D eigenvalue weighted by Gasteiger charge is -2.05. The molecule has 0 aliphatic rings. The van der Waals surface area contributed by atoms with Crippen LogP contribution in [0.1, 0.15) is 44.4 Å². The average Bonchev–Trinajstić information content (AvgIpc) is 3.04. The van der Waals surface area contributed by atoms with Crippen LogP contribution < -0.4 is 0 Å². The van der Waals surface area contributed by atoms with Crippen LogP contribution in [-0.4, -0.2) is 26.6 Å². The van der Waals surface area contributed by atoms with Gasteiger partial charge in [0, 0.05) is 12.1 Å². The third-order valence-corrected chi connectivity index (χ3v) is 4.59. The normalized spacial score (nSPS) is 11.5. The summed E-state index contributed by atoms with van der Waals surface area (Å²) in [6, 6.07) is 2.93. The maximum absolute atomic E-state index is 12.1. The van der Waals surface area contributed by atoms with E-state index in [9.17, 15) is 9.59 Å². The Morgan fingerprint density at radius 1 is 1.39 bits per heavy atom. The van der Waals surface area contributed by atoms with Crippen LogP contribution in [0.2, 0.25) is 5.15 Å². The quantitative estimate of drug-likeness (QED) is 0.626. The first-order valence-electron chi connectivity index (χ1n) is 7.08. The molecule has 0 aliphatic carbocycles. The molecule has 0 amide bonds. The van der Waals surface area contributed by atoms with Crippen LogP contribution >= 0.6 is 22.9 Å². The summed E-state index contributed by atoms with van der Waals surface area (Å²) >= 11 is 7.26. The molecule has 0 spiro atoms. The van der Waals surface area contributed by atoms with E-state index in [-0.39, 0.29) is 10.7 Å². The molecule has 2 aromatic rings. The molecule has 0 atom stereocenters. The molecule has 0 aliphatic heterocycles. The number of halogens is 1. The first kappa shape index (κ1) is 17.4. The molecule has 122 valence electrons. The number of carbonyl (C=O) groups is 2. The van der Waals surface area contributed by atoms with E-state index < -0.39 is 5.97 Å². The molecule has 0 fully saturated rings. The van der Waals surface area contributed by atoms with Gasteiger partial charge in [0.2, 0.25) is 0 Å². The molecule has 0 aromatic carbocycles. The number of aromatic carboxylic acids is 1. The van der Waals surface area contributed by atoms with Crippen molar-refractivity contribution < 1.29 is 14.7 Å². The number of carboxylic acid groups (broad SMARTS) is 1. The minimum atomic E-state index is -1.04. The van der Waals surface area contributed by atoms with Crippen molar-refractivity contribution in [3.8, 4) is 0 Å². The molecule has 7 heteroatoms. The second-order valence-corrected chi connectivity index (χ2v) is 6.97. The molecule has 0 saturated heterocycles. The molecule has 0 saturated carbocycles.